The van der Waals surface area contributed by atoms with E-state index in [-0.39, 0.29) is 0 Å². The van der Waals surface area contributed by atoms with Gasteiger partial charge in [0.15, 0.2) is 0 Å². The van der Waals surface area contributed by atoms with Gasteiger partial charge < -0.3 is 5.73 Å². The van der Waals surface area contributed by atoms with Crippen LogP contribution in [-0.4, -0.2) is 23.9 Å². The molecular weight excluding hydrogens is 278 g/mol. The lowest BCUT2D eigenvalue weighted by molar-refractivity contribution is -0.125. The number of hydrogen-bond acceptors (Lipinski definition) is 3. The van der Waals surface area contributed by atoms with E-state index >= 15 is 0 Å². The van der Waals surface area contributed by atoms with Crippen molar-refractivity contribution < 1.29 is 9.59 Å². The Kier molecular flexibility index (Phi) is 5.27. The van der Waals surface area contributed by atoms with Crippen LogP contribution in [0.15, 0.2) is 60.7 Å². The van der Waals surface area contributed by atoms with Crippen molar-refractivity contribution in [2.24, 2.45) is 5.73 Å². The number of nitrogens with one attached hydrogen (secondary N) is 1. The zero-order valence-electron chi connectivity index (χ0n) is 12.4. The molecule has 0 aliphatic carbocycles. The lowest BCUT2D eigenvalue weighted by Crippen LogP contribution is -2.43. The number of likely N-dealkylation sites (N-methyl/N-ethyl adjacent to an activating group) is 1. The molecule has 0 aromatic heterocycles. The number of amides is 3. The van der Waals surface area contributed by atoms with E-state index in [4.69, 9.17) is 5.73 Å². The quantitative estimate of drug-likeness (QED) is 0.887. The molecule has 0 saturated carbocycles. The summed E-state index contributed by atoms with van der Waals surface area (Å²) in [7, 11) is 1.84. The first kappa shape index (κ1) is 15.7. The number of benzene rings is 2. The molecular formula is C17H19N3O2. The number of rotatable bonds is 5. The number of primary amides is 1. The highest BCUT2D eigenvalue weighted by molar-refractivity contribution is 5.96. The molecule has 5 nitrogen and oxygen atoms in total. The van der Waals surface area contributed by atoms with Gasteiger partial charge in [0.1, 0.15) is 6.04 Å². The van der Waals surface area contributed by atoms with Crippen molar-refractivity contribution in [3.05, 3.63) is 71.8 Å². The summed E-state index contributed by atoms with van der Waals surface area (Å²) in [6, 6.07) is 17.7. The molecule has 114 valence electrons. The van der Waals surface area contributed by atoms with E-state index in [9.17, 15) is 9.59 Å². The number of carbonyl (C=O) groups excluding carboxylic acids is 2. The first-order chi connectivity index (χ1) is 10.6. The monoisotopic (exact) mass is 297 g/mol. The van der Waals surface area contributed by atoms with Crippen molar-refractivity contribution in [3.63, 3.8) is 0 Å². The summed E-state index contributed by atoms with van der Waals surface area (Å²) >= 11 is 0. The fourth-order valence-corrected chi connectivity index (χ4v) is 2.39. The van der Waals surface area contributed by atoms with Crippen LogP contribution < -0.4 is 11.1 Å². The first-order valence-corrected chi connectivity index (χ1v) is 6.97. The standard InChI is InChI=1S/C17H19N3O2/c1-20(12-13-8-4-2-5-9-13)15(16(21)19-17(18)22)14-10-6-3-7-11-14/h2-11,15H,12H2,1H3,(H3,18,19,21,22)/t15-/m1/s1. The summed E-state index contributed by atoms with van der Waals surface area (Å²) in [6.45, 7) is 0.576. The van der Waals surface area contributed by atoms with E-state index in [0.29, 0.717) is 6.54 Å². The summed E-state index contributed by atoms with van der Waals surface area (Å²) in [5, 5.41) is 2.17. The molecule has 0 aliphatic heterocycles. The van der Waals surface area contributed by atoms with Crippen LogP contribution in [0.25, 0.3) is 0 Å². The third-order valence-electron chi connectivity index (χ3n) is 3.33. The molecule has 3 amide bonds. The Hall–Kier alpha value is -2.66. The van der Waals surface area contributed by atoms with Crippen LogP contribution in [0.1, 0.15) is 17.2 Å². The summed E-state index contributed by atoms with van der Waals surface area (Å²) < 4.78 is 0. The first-order valence-electron chi connectivity index (χ1n) is 6.97. The number of nitrogens with two attached hydrogens (primary N) is 1. The van der Waals surface area contributed by atoms with Crippen molar-refractivity contribution in [3.8, 4) is 0 Å². The second kappa shape index (κ2) is 7.38. The Morgan fingerprint density at radius 3 is 2.14 bits per heavy atom. The maximum atomic E-state index is 12.3. The van der Waals surface area contributed by atoms with Gasteiger partial charge in [0.05, 0.1) is 0 Å². The molecule has 2 aromatic carbocycles. The largest absolute Gasteiger partial charge is 0.351 e. The van der Waals surface area contributed by atoms with E-state index in [1.165, 1.54) is 0 Å². The van der Waals surface area contributed by atoms with E-state index in [1.54, 1.807) is 0 Å². The second-order valence-corrected chi connectivity index (χ2v) is 5.07. The van der Waals surface area contributed by atoms with Crippen LogP contribution in [0.4, 0.5) is 4.79 Å². The molecule has 2 aromatic rings. The smallest absolute Gasteiger partial charge is 0.318 e. The molecule has 0 radical (unpaired) electrons. The van der Waals surface area contributed by atoms with Crippen LogP contribution in [0, 0.1) is 0 Å². The Morgan fingerprint density at radius 2 is 1.59 bits per heavy atom. The maximum Gasteiger partial charge on any atom is 0.318 e. The molecule has 3 N–H and O–H groups in total. The van der Waals surface area contributed by atoms with Gasteiger partial charge in [-0.3, -0.25) is 15.0 Å². The van der Waals surface area contributed by atoms with E-state index in [0.717, 1.165) is 11.1 Å². The Labute approximate surface area is 129 Å². The topological polar surface area (TPSA) is 75.4 Å². The Bertz CT molecular complexity index is 629. The Morgan fingerprint density at radius 1 is 1.05 bits per heavy atom. The highest BCUT2D eigenvalue weighted by Crippen LogP contribution is 2.21. The highest BCUT2D eigenvalue weighted by Gasteiger charge is 2.26. The number of carbonyl (C=O) groups is 2. The van der Waals surface area contributed by atoms with E-state index < -0.39 is 18.0 Å². The van der Waals surface area contributed by atoms with Gasteiger partial charge in [-0.2, -0.15) is 0 Å². The number of hydrogen-bond donors (Lipinski definition) is 2. The molecule has 2 rings (SSSR count). The zero-order chi connectivity index (χ0) is 15.9. The van der Waals surface area contributed by atoms with Crippen molar-refractivity contribution in [1.82, 2.24) is 10.2 Å². The minimum absolute atomic E-state index is 0.433. The third kappa shape index (κ3) is 4.17. The normalized spacial score (nSPS) is 11.9. The van der Waals surface area contributed by atoms with Gasteiger partial charge in [-0.05, 0) is 18.2 Å². The van der Waals surface area contributed by atoms with Gasteiger partial charge >= 0.3 is 6.03 Å². The molecule has 0 heterocycles. The lowest BCUT2D eigenvalue weighted by Gasteiger charge is -2.27. The zero-order valence-corrected chi connectivity index (χ0v) is 12.4. The molecule has 0 spiro atoms. The number of urea groups is 1. The highest BCUT2D eigenvalue weighted by atomic mass is 16.2. The van der Waals surface area contributed by atoms with Crippen LogP contribution >= 0.6 is 0 Å². The van der Waals surface area contributed by atoms with Crippen molar-refractivity contribution >= 4 is 11.9 Å². The molecule has 0 bridgehead atoms. The van der Waals surface area contributed by atoms with Crippen LogP contribution in [0.2, 0.25) is 0 Å². The van der Waals surface area contributed by atoms with Gasteiger partial charge in [0, 0.05) is 6.54 Å². The van der Waals surface area contributed by atoms with Crippen molar-refractivity contribution in [2.45, 2.75) is 12.6 Å². The van der Waals surface area contributed by atoms with Gasteiger partial charge in [-0.25, -0.2) is 4.79 Å². The summed E-state index contributed by atoms with van der Waals surface area (Å²) in [5.74, 6) is -0.433. The lowest BCUT2D eigenvalue weighted by atomic mass is 10.0. The average molecular weight is 297 g/mol. The summed E-state index contributed by atoms with van der Waals surface area (Å²) in [5.41, 5.74) is 6.96. The number of nitrogens with zero attached hydrogens (tertiary/aromatic N) is 1. The van der Waals surface area contributed by atoms with Gasteiger partial charge in [-0.1, -0.05) is 60.7 Å². The fraction of sp³-hybridized carbons (Fsp3) is 0.176. The van der Waals surface area contributed by atoms with E-state index in [2.05, 4.69) is 5.32 Å². The molecule has 0 fully saturated rings. The second-order valence-electron chi connectivity index (χ2n) is 5.07. The Balaban J connectivity index is 2.23. The number of imide groups is 1. The van der Waals surface area contributed by atoms with Crippen molar-refractivity contribution in [1.29, 1.82) is 0 Å². The fourth-order valence-electron chi connectivity index (χ4n) is 2.39. The van der Waals surface area contributed by atoms with Gasteiger partial charge in [-0.15, -0.1) is 0 Å². The van der Waals surface area contributed by atoms with E-state index in [1.807, 2.05) is 72.6 Å². The van der Waals surface area contributed by atoms with Crippen LogP contribution in [0.3, 0.4) is 0 Å². The minimum atomic E-state index is -0.848. The molecule has 22 heavy (non-hydrogen) atoms. The third-order valence-corrected chi connectivity index (χ3v) is 3.33. The van der Waals surface area contributed by atoms with Crippen LogP contribution in [-0.2, 0) is 11.3 Å². The van der Waals surface area contributed by atoms with Gasteiger partial charge in [0.2, 0.25) is 5.91 Å². The summed E-state index contributed by atoms with van der Waals surface area (Å²) in [4.78, 5) is 25.2. The predicted molar refractivity (Wildman–Crippen MR) is 84.8 cm³/mol. The van der Waals surface area contributed by atoms with Gasteiger partial charge in [0.25, 0.3) is 0 Å². The SMILES string of the molecule is CN(Cc1ccccc1)[C@@H](C(=O)NC(N)=O)c1ccccc1. The molecule has 0 aliphatic rings. The minimum Gasteiger partial charge on any atom is -0.351 e. The molecule has 0 unspecified atom stereocenters. The predicted octanol–water partition coefficient (Wildman–Crippen LogP) is 2.05. The maximum absolute atomic E-state index is 12.3. The van der Waals surface area contributed by atoms with Crippen LogP contribution in [0.5, 0.6) is 0 Å². The summed E-state index contributed by atoms with van der Waals surface area (Å²) in [6.07, 6.45) is 0. The molecule has 0 saturated heterocycles. The molecule has 1 atom stereocenters. The van der Waals surface area contributed by atoms with Crippen molar-refractivity contribution in [2.75, 3.05) is 7.05 Å². The molecule has 5 heteroatoms. The average Bonchev–Trinajstić information content (AvgIpc) is 2.48.